The van der Waals surface area contributed by atoms with Crippen LogP contribution in [0.3, 0.4) is 0 Å². The van der Waals surface area contributed by atoms with Gasteiger partial charge in [0.25, 0.3) is 0 Å². The normalized spacial score (nSPS) is 19.9. The molecule has 1 atom stereocenters. The van der Waals surface area contributed by atoms with Crippen molar-refractivity contribution < 1.29 is 18.6 Å². The van der Waals surface area contributed by atoms with Gasteiger partial charge >= 0.3 is 0 Å². The fourth-order valence-electron chi connectivity index (χ4n) is 3.17. The first kappa shape index (κ1) is 15.3. The molecule has 2 aliphatic rings. The van der Waals surface area contributed by atoms with Crippen molar-refractivity contribution in [2.75, 3.05) is 27.0 Å². The number of hydrogen-bond acceptors (Lipinski definition) is 7. The van der Waals surface area contributed by atoms with Crippen LogP contribution in [0, 0.1) is 6.92 Å². The molecule has 1 aromatic heterocycles. The SMILES string of the molecule is COc1cc(-c2nc(CN3CCC(N)C3)c(C)o2)cc2c1OCO2. The van der Waals surface area contributed by atoms with Gasteiger partial charge in [0.05, 0.1) is 12.8 Å². The lowest BCUT2D eigenvalue weighted by atomic mass is 10.2. The van der Waals surface area contributed by atoms with Crippen LogP contribution in [0.15, 0.2) is 16.5 Å². The molecular formula is C17H21N3O4. The van der Waals surface area contributed by atoms with E-state index in [-0.39, 0.29) is 12.8 Å². The van der Waals surface area contributed by atoms with Gasteiger partial charge in [0.15, 0.2) is 11.5 Å². The Bertz CT molecular complexity index is 759. The summed E-state index contributed by atoms with van der Waals surface area (Å²) in [5.41, 5.74) is 7.72. The van der Waals surface area contributed by atoms with E-state index < -0.39 is 0 Å². The summed E-state index contributed by atoms with van der Waals surface area (Å²) in [6, 6.07) is 3.98. The number of likely N-dealkylation sites (tertiary alicyclic amines) is 1. The first-order valence-electron chi connectivity index (χ1n) is 8.06. The van der Waals surface area contributed by atoms with Crippen LogP contribution < -0.4 is 19.9 Å². The van der Waals surface area contributed by atoms with Crippen molar-refractivity contribution in [1.29, 1.82) is 0 Å². The van der Waals surface area contributed by atoms with E-state index >= 15 is 0 Å². The van der Waals surface area contributed by atoms with Gasteiger partial charge < -0.3 is 24.4 Å². The van der Waals surface area contributed by atoms with Crippen LogP contribution in [0.25, 0.3) is 11.5 Å². The zero-order valence-corrected chi connectivity index (χ0v) is 13.9. The molecule has 24 heavy (non-hydrogen) atoms. The van der Waals surface area contributed by atoms with E-state index in [1.54, 1.807) is 7.11 Å². The summed E-state index contributed by atoms with van der Waals surface area (Å²) in [6.07, 6.45) is 1.03. The molecule has 0 saturated carbocycles. The van der Waals surface area contributed by atoms with Crippen molar-refractivity contribution >= 4 is 0 Å². The summed E-state index contributed by atoms with van der Waals surface area (Å²) in [4.78, 5) is 6.97. The fourth-order valence-corrected chi connectivity index (χ4v) is 3.17. The third kappa shape index (κ3) is 2.70. The smallest absolute Gasteiger partial charge is 0.231 e. The Labute approximate surface area is 140 Å². The lowest BCUT2D eigenvalue weighted by Crippen LogP contribution is -2.26. The Hall–Kier alpha value is -2.25. The lowest BCUT2D eigenvalue weighted by molar-refractivity contribution is 0.171. The number of rotatable bonds is 4. The zero-order chi connectivity index (χ0) is 16.7. The number of nitrogens with zero attached hydrogens (tertiary/aromatic N) is 2. The molecule has 0 radical (unpaired) electrons. The number of nitrogens with two attached hydrogens (primary N) is 1. The molecule has 7 heteroatoms. The predicted octanol–water partition coefficient (Wildman–Crippen LogP) is 1.92. The average molecular weight is 331 g/mol. The molecule has 2 aromatic rings. The van der Waals surface area contributed by atoms with Crippen molar-refractivity contribution in [1.82, 2.24) is 9.88 Å². The number of hydrogen-bond donors (Lipinski definition) is 1. The van der Waals surface area contributed by atoms with Crippen LogP contribution in [0.2, 0.25) is 0 Å². The molecule has 1 fully saturated rings. The van der Waals surface area contributed by atoms with E-state index in [1.165, 1.54) is 0 Å². The topological polar surface area (TPSA) is 83.0 Å². The van der Waals surface area contributed by atoms with E-state index in [1.807, 2.05) is 19.1 Å². The van der Waals surface area contributed by atoms with Crippen LogP contribution in [-0.2, 0) is 6.54 Å². The average Bonchev–Trinajstić information content (AvgIpc) is 3.28. The number of fused-ring (bicyclic) bond motifs is 1. The first-order valence-corrected chi connectivity index (χ1v) is 8.06. The molecule has 0 bridgehead atoms. The molecule has 0 spiro atoms. The maximum Gasteiger partial charge on any atom is 0.231 e. The Morgan fingerprint density at radius 2 is 2.25 bits per heavy atom. The van der Waals surface area contributed by atoms with Crippen LogP contribution in [0.5, 0.6) is 17.2 Å². The quantitative estimate of drug-likeness (QED) is 0.916. The van der Waals surface area contributed by atoms with Crippen LogP contribution >= 0.6 is 0 Å². The minimum Gasteiger partial charge on any atom is -0.493 e. The third-order valence-electron chi connectivity index (χ3n) is 4.48. The molecule has 3 heterocycles. The van der Waals surface area contributed by atoms with Crippen molar-refractivity contribution in [3.05, 3.63) is 23.6 Å². The Kier molecular flexibility index (Phi) is 3.82. The number of oxazole rings is 1. The van der Waals surface area contributed by atoms with Crippen molar-refractivity contribution in [3.8, 4) is 28.7 Å². The van der Waals surface area contributed by atoms with E-state index in [4.69, 9.17) is 24.4 Å². The fraction of sp³-hybridized carbons (Fsp3) is 0.471. The van der Waals surface area contributed by atoms with E-state index in [0.717, 1.165) is 43.1 Å². The summed E-state index contributed by atoms with van der Waals surface area (Å²) in [5, 5.41) is 0. The minimum absolute atomic E-state index is 0.195. The van der Waals surface area contributed by atoms with Gasteiger partial charge in [0.1, 0.15) is 5.76 Å². The third-order valence-corrected chi connectivity index (χ3v) is 4.48. The van der Waals surface area contributed by atoms with Crippen molar-refractivity contribution in [3.63, 3.8) is 0 Å². The van der Waals surface area contributed by atoms with E-state index in [0.29, 0.717) is 23.1 Å². The Morgan fingerprint density at radius 1 is 1.38 bits per heavy atom. The monoisotopic (exact) mass is 331 g/mol. The first-order chi connectivity index (χ1) is 11.6. The molecule has 2 aliphatic heterocycles. The Morgan fingerprint density at radius 3 is 3.00 bits per heavy atom. The molecule has 1 aromatic carbocycles. The van der Waals surface area contributed by atoms with E-state index in [9.17, 15) is 0 Å². The summed E-state index contributed by atoms with van der Waals surface area (Å²) >= 11 is 0. The number of benzene rings is 1. The molecule has 1 unspecified atom stereocenters. The summed E-state index contributed by atoms with van der Waals surface area (Å²) in [6.45, 7) is 4.79. The molecule has 0 aliphatic carbocycles. The highest BCUT2D eigenvalue weighted by Gasteiger charge is 2.24. The van der Waals surface area contributed by atoms with Crippen LogP contribution in [0.1, 0.15) is 17.9 Å². The highest BCUT2D eigenvalue weighted by atomic mass is 16.7. The molecule has 2 N–H and O–H groups in total. The van der Waals surface area contributed by atoms with Crippen molar-refractivity contribution in [2.45, 2.75) is 25.9 Å². The highest BCUT2D eigenvalue weighted by molar-refractivity contribution is 5.66. The highest BCUT2D eigenvalue weighted by Crippen LogP contribution is 2.44. The molecule has 0 amide bonds. The number of ether oxygens (including phenoxy) is 3. The number of aromatic nitrogens is 1. The second-order valence-electron chi connectivity index (χ2n) is 6.22. The van der Waals surface area contributed by atoms with Crippen molar-refractivity contribution in [2.24, 2.45) is 5.73 Å². The summed E-state index contributed by atoms with van der Waals surface area (Å²) in [7, 11) is 1.60. The molecular weight excluding hydrogens is 310 g/mol. The summed E-state index contributed by atoms with van der Waals surface area (Å²) < 4.78 is 22.1. The molecule has 1 saturated heterocycles. The van der Waals surface area contributed by atoms with Gasteiger partial charge in [0, 0.05) is 31.2 Å². The maximum absolute atomic E-state index is 5.97. The van der Waals surface area contributed by atoms with E-state index in [2.05, 4.69) is 9.88 Å². The largest absolute Gasteiger partial charge is 0.493 e. The van der Waals surface area contributed by atoms with Gasteiger partial charge in [-0.3, -0.25) is 4.90 Å². The van der Waals surface area contributed by atoms with Gasteiger partial charge in [-0.1, -0.05) is 0 Å². The Balaban J connectivity index is 1.62. The van der Waals surface area contributed by atoms with Gasteiger partial charge in [-0.15, -0.1) is 0 Å². The maximum atomic E-state index is 5.97. The van der Waals surface area contributed by atoms with Crippen LogP contribution in [0.4, 0.5) is 0 Å². The number of aryl methyl sites for hydroxylation is 1. The van der Waals surface area contributed by atoms with Crippen LogP contribution in [-0.4, -0.2) is 42.9 Å². The molecule has 128 valence electrons. The van der Waals surface area contributed by atoms with Gasteiger partial charge in [-0.2, -0.15) is 0 Å². The second-order valence-corrected chi connectivity index (χ2v) is 6.22. The minimum atomic E-state index is 0.195. The van der Waals surface area contributed by atoms with Gasteiger partial charge in [0.2, 0.25) is 18.4 Å². The zero-order valence-electron chi connectivity index (χ0n) is 13.9. The lowest BCUT2D eigenvalue weighted by Gasteiger charge is -2.12. The standard InChI is InChI=1S/C17H21N3O4/c1-10-13(8-20-4-3-12(18)7-20)19-17(24-10)11-5-14(21-2)16-15(6-11)22-9-23-16/h5-6,12H,3-4,7-9,18H2,1-2H3. The predicted molar refractivity (Wildman–Crippen MR) is 87.2 cm³/mol. The molecule has 4 rings (SSSR count). The van der Waals surface area contributed by atoms with Gasteiger partial charge in [-0.25, -0.2) is 4.98 Å². The number of methoxy groups -OCH3 is 1. The van der Waals surface area contributed by atoms with Gasteiger partial charge in [-0.05, 0) is 25.5 Å². The molecule has 7 nitrogen and oxygen atoms in total. The second kappa shape index (κ2) is 5.99. The summed E-state index contributed by atoms with van der Waals surface area (Å²) in [5.74, 6) is 3.26.